The molecule has 3 atom stereocenters. The van der Waals surface area contributed by atoms with Crippen LogP contribution in [0.1, 0.15) is 37.1 Å². The number of imide groups is 1. The highest BCUT2D eigenvalue weighted by Gasteiger charge is 2.60. The molecule has 6 nitrogen and oxygen atoms in total. The third kappa shape index (κ3) is 4.03. The summed E-state index contributed by atoms with van der Waals surface area (Å²) in [5.74, 6) is -0.446. The topological polar surface area (TPSA) is 59.1 Å². The van der Waals surface area contributed by atoms with Crippen LogP contribution in [0, 0.1) is 5.92 Å². The molecule has 0 N–H and O–H groups in total. The van der Waals surface area contributed by atoms with Gasteiger partial charge in [0.25, 0.3) is 5.91 Å². The Morgan fingerprint density at radius 3 is 2.39 bits per heavy atom. The fourth-order valence-electron chi connectivity index (χ4n) is 4.45. The van der Waals surface area contributed by atoms with E-state index in [-0.39, 0.29) is 17.9 Å². The Hall–Kier alpha value is -3.16. The van der Waals surface area contributed by atoms with Crippen LogP contribution in [0.15, 0.2) is 72.1 Å². The van der Waals surface area contributed by atoms with Crippen LogP contribution in [0.3, 0.4) is 0 Å². The van der Waals surface area contributed by atoms with Crippen LogP contribution in [0.4, 0.5) is 11.4 Å². The number of para-hydroxylation sites is 1. The van der Waals surface area contributed by atoms with Gasteiger partial charge in [0.1, 0.15) is 17.7 Å². The standard InChI is InChI=1S/C26H26N2O4S/c1-2-3-7-16-31-20-14-12-18(13-15-20)27-25(29)22-23(21-11-8-17-33-21)28(32-24(22)26(27)30)19-9-5-4-6-10-19/h4-6,8-15,17,22-24H,2-3,7,16H2,1H3/t22-,23+,24+/m1/s1. The number of carbonyl (C=O) groups excluding carboxylic acids is 2. The molecule has 0 spiro atoms. The number of nitrogens with zero attached hydrogens (tertiary/aromatic N) is 2. The van der Waals surface area contributed by atoms with Crippen molar-refractivity contribution in [2.45, 2.75) is 38.3 Å². The number of hydrogen-bond donors (Lipinski definition) is 0. The van der Waals surface area contributed by atoms with Crippen LogP contribution in [0.2, 0.25) is 0 Å². The average Bonchev–Trinajstić information content (AvgIpc) is 3.55. The van der Waals surface area contributed by atoms with Crippen LogP contribution in [0.25, 0.3) is 0 Å². The Bertz CT molecular complexity index is 1100. The molecule has 2 aliphatic heterocycles. The van der Waals surface area contributed by atoms with Crippen molar-refractivity contribution in [3.63, 3.8) is 0 Å². The molecule has 2 aliphatic rings. The lowest BCUT2D eigenvalue weighted by atomic mass is 9.95. The Labute approximate surface area is 197 Å². The maximum absolute atomic E-state index is 13.6. The van der Waals surface area contributed by atoms with Crippen molar-refractivity contribution in [3.8, 4) is 5.75 Å². The highest BCUT2D eigenvalue weighted by Crippen LogP contribution is 2.48. The number of ether oxygens (including phenoxy) is 1. The summed E-state index contributed by atoms with van der Waals surface area (Å²) in [5, 5.41) is 3.70. The maximum Gasteiger partial charge on any atom is 0.266 e. The van der Waals surface area contributed by atoms with Crippen molar-refractivity contribution >= 4 is 34.5 Å². The summed E-state index contributed by atoms with van der Waals surface area (Å²) in [6, 6.07) is 20.3. The van der Waals surface area contributed by atoms with Crippen molar-refractivity contribution in [2.24, 2.45) is 5.92 Å². The van der Waals surface area contributed by atoms with Gasteiger partial charge >= 0.3 is 0 Å². The van der Waals surface area contributed by atoms with Gasteiger partial charge in [-0.05, 0) is 54.3 Å². The van der Waals surface area contributed by atoms with E-state index >= 15 is 0 Å². The molecule has 0 unspecified atom stereocenters. The normalized spacial score (nSPS) is 22.2. The Kier molecular flexibility index (Phi) is 6.15. The molecule has 0 bridgehead atoms. The number of anilines is 2. The molecule has 5 rings (SSSR count). The molecule has 33 heavy (non-hydrogen) atoms. The Morgan fingerprint density at radius 1 is 0.909 bits per heavy atom. The molecule has 170 valence electrons. The molecule has 0 aliphatic carbocycles. The number of fused-ring (bicyclic) bond motifs is 1. The monoisotopic (exact) mass is 462 g/mol. The minimum absolute atomic E-state index is 0.238. The fraction of sp³-hybridized carbons (Fsp3) is 0.308. The van der Waals surface area contributed by atoms with E-state index in [1.807, 2.05) is 60.0 Å². The first-order valence-electron chi connectivity index (χ1n) is 11.3. The zero-order chi connectivity index (χ0) is 22.8. The lowest BCUT2D eigenvalue weighted by Gasteiger charge is -2.27. The molecule has 0 radical (unpaired) electrons. The van der Waals surface area contributed by atoms with Crippen LogP contribution in [-0.2, 0) is 14.4 Å². The molecule has 3 aromatic rings. The average molecular weight is 463 g/mol. The number of unbranched alkanes of at least 4 members (excludes halogenated alkanes) is 2. The fourth-order valence-corrected chi connectivity index (χ4v) is 5.30. The number of carbonyl (C=O) groups is 2. The Balaban J connectivity index is 1.39. The van der Waals surface area contributed by atoms with Gasteiger partial charge in [-0.25, -0.2) is 9.96 Å². The van der Waals surface area contributed by atoms with Gasteiger partial charge in [0.2, 0.25) is 5.91 Å². The smallest absolute Gasteiger partial charge is 0.266 e. The summed E-state index contributed by atoms with van der Waals surface area (Å²) in [6.07, 6.45) is 2.42. The second kappa shape index (κ2) is 9.37. The van der Waals surface area contributed by atoms with Crippen molar-refractivity contribution in [3.05, 3.63) is 77.0 Å². The van der Waals surface area contributed by atoms with E-state index in [0.717, 1.165) is 35.6 Å². The summed E-state index contributed by atoms with van der Waals surface area (Å²) in [7, 11) is 0. The van der Waals surface area contributed by atoms with Crippen molar-refractivity contribution in [2.75, 3.05) is 16.6 Å². The predicted molar refractivity (Wildman–Crippen MR) is 128 cm³/mol. The first-order chi connectivity index (χ1) is 16.2. The summed E-state index contributed by atoms with van der Waals surface area (Å²) < 4.78 is 5.76. The van der Waals surface area contributed by atoms with Gasteiger partial charge in [0, 0.05) is 4.88 Å². The number of hydroxylamine groups is 1. The van der Waals surface area contributed by atoms with Crippen LogP contribution in [0.5, 0.6) is 5.75 Å². The summed E-state index contributed by atoms with van der Waals surface area (Å²) in [4.78, 5) is 35.3. The van der Waals surface area contributed by atoms with Gasteiger partial charge < -0.3 is 4.74 Å². The quantitative estimate of drug-likeness (QED) is 0.333. The van der Waals surface area contributed by atoms with Gasteiger partial charge in [0.15, 0.2) is 6.10 Å². The molecule has 0 saturated carbocycles. The molecule has 7 heteroatoms. The second-order valence-electron chi connectivity index (χ2n) is 8.23. The van der Waals surface area contributed by atoms with Gasteiger partial charge in [-0.1, -0.05) is 44.0 Å². The van der Waals surface area contributed by atoms with E-state index in [2.05, 4.69) is 6.92 Å². The first kappa shape index (κ1) is 21.7. The highest BCUT2D eigenvalue weighted by atomic mass is 32.1. The number of benzene rings is 2. The van der Waals surface area contributed by atoms with Crippen molar-refractivity contribution < 1.29 is 19.2 Å². The molecular formula is C26H26N2O4S. The summed E-state index contributed by atoms with van der Waals surface area (Å²) in [5.41, 5.74) is 1.36. The van der Waals surface area contributed by atoms with Crippen LogP contribution < -0.4 is 14.7 Å². The van der Waals surface area contributed by atoms with E-state index in [1.54, 1.807) is 28.5 Å². The third-order valence-electron chi connectivity index (χ3n) is 6.07. The molecule has 2 aromatic carbocycles. The Morgan fingerprint density at radius 2 is 1.70 bits per heavy atom. The highest BCUT2D eigenvalue weighted by molar-refractivity contribution is 7.10. The van der Waals surface area contributed by atoms with E-state index in [0.29, 0.717) is 12.3 Å². The van der Waals surface area contributed by atoms with E-state index < -0.39 is 12.0 Å². The number of rotatable bonds is 8. The minimum atomic E-state index is -0.852. The van der Waals surface area contributed by atoms with E-state index in [9.17, 15) is 9.59 Å². The SMILES string of the molecule is CCCCCOc1ccc(N2C(=O)[C@H]3[C@H](ON(c4ccccc4)[C@H]3c3cccs3)C2=O)cc1. The lowest BCUT2D eigenvalue weighted by molar-refractivity contribution is -0.126. The largest absolute Gasteiger partial charge is 0.494 e. The molecular weight excluding hydrogens is 436 g/mol. The predicted octanol–water partition coefficient (Wildman–Crippen LogP) is 5.37. The zero-order valence-electron chi connectivity index (χ0n) is 18.4. The van der Waals surface area contributed by atoms with E-state index in [1.165, 1.54) is 4.90 Å². The molecule has 3 heterocycles. The molecule has 2 fully saturated rings. The number of hydrogen-bond acceptors (Lipinski definition) is 6. The second-order valence-corrected chi connectivity index (χ2v) is 9.21. The van der Waals surface area contributed by atoms with Crippen LogP contribution >= 0.6 is 11.3 Å². The number of thiophene rings is 1. The van der Waals surface area contributed by atoms with Crippen molar-refractivity contribution in [1.82, 2.24) is 0 Å². The van der Waals surface area contributed by atoms with Gasteiger partial charge in [-0.3, -0.25) is 14.4 Å². The van der Waals surface area contributed by atoms with E-state index in [4.69, 9.17) is 9.57 Å². The maximum atomic E-state index is 13.6. The van der Waals surface area contributed by atoms with Crippen molar-refractivity contribution in [1.29, 1.82) is 0 Å². The van der Waals surface area contributed by atoms with Crippen LogP contribution in [-0.4, -0.2) is 24.5 Å². The zero-order valence-corrected chi connectivity index (χ0v) is 19.2. The molecule has 2 amide bonds. The molecule has 2 saturated heterocycles. The summed E-state index contributed by atoms with van der Waals surface area (Å²) >= 11 is 1.56. The lowest BCUT2D eigenvalue weighted by Crippen LogP contribution is -2.37. The van der Waals surface area contributed by atoms with Gasteiger partial charge in [0.05, 0.1) is 18.0 Å². The summed E-state index contributed by atoms with van der Waals surface area (Å²) in [6.45, 7) is 2.81. The first-order valence-corrected chi connectivity index (χ1v) is 12.2. The minimum Gasteiger partial charge on any atom is -0.494 e. The molecule has 1 aromatic heterocycles. The number of amides is 2. The van der Waals surface area contributed by atoms with Gasteiger partial charge in [-0.15, -0.1) is 11.3 Å². The third-order valence-corrected chi connectivity index (χ3v) is 7.02. The van der Waals surface area contributed by atoms with Gasteiger partial charge in [-0.2, -0.15) is 0 Å².